The first-order valence-electron chi connectivity index (χ1n) is 12.7. The Kier molecular flexibility index (Phi) is 6.81. The molecular formula is C30H25F4N3O4. The summed E-state index contributed by atoms with van der Waals surface area (Å²) in [6.45, 7) is 2.92. The van der Waals surface area contributed by atoms with Crippen LogP contribution in [0.3, 0.4) is 0 Å². The molecule has 41 heavy (non-hydrogen) atoms. The fourth-order valence-electron chi connectivity index (χ4n) is 4.87. The van der Waals surface area contributed by atoms with Crippen LogP contribution in [0, 0.1) is 5.82 Å². The SMILES string of the molecule is C[C@](O)(CCC(=O)c1cc(C(F)(F)F)c2ncccc2c1)c1cc2c(c(-c3ccc(F)cc3)n1)OC[C@]2(C)C(N)=O. The van der Waals surface area contributed by atoms with Crippen LogP contribution < -0.4 is 10.5 Å². The number of aliphatic hydroxyl groups is 1. The molecule has 0 saturated heterocycles. The van der Waals surface area contributed by atoms with E-state index in [1.807, 2.05) is 0 Å². The average Bonchev–Trinajstić information content (AvgIpc) is 3.28. The zero-order valence-corrected chi connectivity index (χ0v) is 22.1. The van der Waals surface area contributed by atoms with Crippen molar-refractivity contribution in [2.24, 2.45) is 5.73 Å². The average molecular weight is 568 g/mol. The standard InChI is InChI=1S/C30H25F4N3O4/c1-28(27(35)39)15-41-26-21(28)14-23(37-25(26)16-5-7-19(31)8-6-16)29(2,40)10-9-22(38)18-12-17-4-3-11-36-24(17)20(13-18)30(32,33)34/h3-8,11-14,40H,9-10,15H2,1-2H3,(H2,35,39)/t28-,29-/m0/s1. The Hall–Kier alpha value is -4.38. The first-order chi connectivity index (χ1) is 19.2. The van der Waals surface area contributed by atoms with Gasteiger partial charge in [-0.25, -0.2) is 9.37 Å². The van der Waals surface area contributed by atoms with Crippen LogP contribution in [-0.2, 0) is 22.0 Å². The molecule has 2 atom stereocenters. The molecule has 1 aliphatic heterocycles. The molecule has 1 amide bonds. The van der Waals surface area contributed by atoms with Gasteiger partial charge in [-0.05, 0) is 68.8 Å². The Labute approximate surface area is 232 Å². The van der Waals surface area contributed by atoms with Gasteiger partial charge in [0.25, 0.3) is 0 Å². The number of nitrogens with zero attached hydrogens (tertiary/aromatic N) is 2. The predicted molar refractivity (Wildman–Crippen MR) is 142 cm³/mol. The number of carbonyl (C=O) groups excluding carboxylic acids is 2. The van der Waals surface area contributed by atoms with Gasteiger partial charge in [-0.15, -0.1) is 0 Å². The number of hydrogen-bond acceptors (Lipinski definition) is 6. The van der Waals surface area contributed by atoms with E-state index in [2.05, 4.69) is 9.97 Å². The highest BCUT2D eigenvalue weighted by molar-refractivity contribution is 6.00. The minimum absolute atomic E-state index is 0.0734. The van der Waals surface area contributed by atoms with Gasteiger partial charge in [-0.1, -0.05) is 6.07 Å². The number of carbonyl (C=O) groups is 2. The Morgan fingerprint density at radius 2 is 1.83 bits per heavy atom. The number of aromatic nitrogens is 2. The van der Waals surface area contributed by atoms with Crippen molar-refractivity contribution < 1.29 is 37.0 Å². The highest BCUT2D eigenvalue weighted by atomic mass is 19.4. The van der Waals surface area contributed by atoms with Crippen LogP contribution in [0.1, 0.15) is 53.9 Å². The molecule has 0 bridgehead atoms. The molecule has 7 nitrogen and oxygen atoms in total. The molecule has 5 rings (SSSR count). The lowest BCUT2D eigenvalue weighted by atomic mass is 9.81. The molecule has 0 saturated carbocycles. The summed E-state index contributed by atoms with van der Waals surface area (Å²) in [6, 6.07) is 11.9. The lowest BCUT2D eigenvalue weighted by molar-refractivity contribution is -0.136. The second-order valence-corrected chi connectivity index (χ2v) is 10.5. The van der Waals surface area contributed by atoms with Gasteiger partial charge in [0.05, 0.1) is 16.8 Å². The number of nitrogens with two attached hydrogens (primary N) is 1. The quantitative estimate of drug-likeness (QED) is 0.226. The molecule has 4 aromatic rings. The second-order valence-electron chi connectivity index (χ2n) is 10.5. The number of ether oxygens (including phenoxy) is 1. The maximum atomic E-state index is 13.7. The van der Waals surface area contributed by atoms with Crippen molar-refractivity contribution in [3.8, 4) is 17.0 Å². The zero-order chi connectivity index (χ0) is 29.7. The van der Waals surface area contributed by atoms with Crippen molar-refractivity contribution in [2.45, 2.75) is 43.9 Å². The van der Waals surface area contributed by atoms with Crippen molar-refractivity contribution in [3.63, 3.8) is 0 Å². The van der Waals surface area contributed by atoms with E-state index in [4.69, 9.17) is 10.5 Å². The Balaban J connectivity index is 1.50. The summed E-state index contributed by atoms with van der Waals surface area (Å²) in [6.07, 6.45) is -4.01. The third-order valence-corrected chi connectivity index (χ3v) is 7.46. The maximum Gasteiger partial charge on any atom is 0.418 e. The largest absolute Gasteiger partial charge is 0.489 e. The van der Waals surface area contributed by atoms with Crippen LogP contribution in [0.25, 0.3) is 22.2 Å². The molecule has 3 heterocycles. The number of fused-ring (bicyclic) bond motifs is 2. The van der Waals surface area contributed by atoms with Crippen LogP contribution in [0.2, 0.25) is 0 Å². The Bertz CT molecular complexity index is 1690. The summed E-state index contributed by atoms with van der Waals surface area (Å²) in [4.78, 5) is 33.9. The minimum atomic E-state index is -4.73. The molecule has 3 N–H and O–H groups in total. The summed E-state index contributed by atoms with van der Waals surface area (Å²) < 4.78 is 60.6. The monoisotopic (exact) mass is 567 g/mol. The summed E-state index contributed by atoms with van der Waals surface area (Å²) >= 11 is 0. The zero-order valence-electron chi connectivity index (χ0n) is 22.1. The third kappa shape index (κ3) is 5.13. The molecule has 2 aromatic carbocycles. The number of rotatable bonds is 7. The number of hydrogen-bond donors (Lipinski definition) is 2. The highest BCUT2D eigenvalue weighted by Gasteiger charge is 2.45. The second kappa shape index (κ2) is 9.91. The molecule has 2 aromatic heterocycles. The smallest absolute Gasteiger partial charge is 0.418 e. The van der Waals surface area contributed by atoms with Crippen LogP contribution in [0.4, 0.5) is 17.6 Å². The fourth-order valence-corrected chi connectivity index (χ4v) is 4.87. The van der Waals surface area contributed by atoms with Crippen LogP contribution >= 0.6 is 0 Å². The van der Waals surface area contributed by atoms with Crippen LogP contribution in [-0.4, -0.2) is 33.4 Å². The summed E-state index contributed by atoms with van der Waals surface area (Å²) in [5, 5.41) is 11.6. The molecule has 0 unspecified atom stereocenters. The number of Topliss-reactive ketones (excluding diaryl/α,β-unsaturated/α-hetero) is 1. The van der Waals surface area contributed by atoms with Gasteiger partial charge in [-0.3, -0.25) is 14.6 Å². The van der Waals surface area contributed by atoms with Crippen molar-refractivity contribution in [1.29, 1.82) is 0 Å². The lowest BCUT2D eigenvalue weighted by Gasteiger charge is -2.26. The highest BCUT2D eigenvalue weighted by Crippen LogP contribution is 2.46. The maximum absolute atomic E-state index is 13.7. The van der Waals surface area contributed by atoms with Gasteiger partial charge < -0.3 is 15.6 Å². The summed E-state index contributed by atoms with van der Waals surface area (Å²) in [5.74, 6) is -1.50. The van der Waals surface area contributed by atoms with E-state index >= 15 is 0 Å². The van der Waals surface area contributed by atoms with E-state index in [0.29, 0.717) is 11.1 Å². The number of pyridine rings is 2. The number of ketones is 1. The molecule has 0 spiro atoms. The van der Waals surface area contributed by atoms with Crippen molar-refractivity contribution in [2.75, 3.05) is 6.61 Å². The van der Waals surface area contributed by atoms with Gasteiger partial charge in [0.1, 0.15) is 34.9 Å². The summed E-state index contributed by atoms with van der Waals surface area (Å²) in [7, 11) is 0. The molecule has 1 aliphatic rings. The first kappa shape index (κ1) is 28.2. The van der Waals surface area contributed by atoms with Gasteiger partial charge in [0, 0.05) is 34.7 Å². The topological polar surface area (TPSA) is 115 Å². The van der Waals surface area contributed by atoms with E-state index in [1.165, 1.54) is 61.7 Å². The summed E-state index contributed by atoms with van der Waals surface area (Å²) in [5.41, 5.74) is 2.36. The van der Waals surface area contributed by atoms with Crippen LogP contribution in [0.5, 0.6) is 5.75 Å². The first-order valence-corrected chi connectivity index (χ1v) is 12.7. The van der Waals surface area contributed by atoms with E-state index in [0.717, 1.165) is 6.07 Å². The predicted octanol–water partition coefficient (Wildman–Crippen LogP) is 5.46. The Morgan fingerprint density at radius 1 is 1.12 bits per heavy atom. The van der Waals surface area contributed by atoms with Gasteiger partial charge in [-0.2, -0.15) is 13.2 Å². The third-order valence-electron chi connectivity index (χ3n) is 7.46. The van der Waals surface area contributed by atoms with Crippen molar-refractivity contribution in [1.82, 2.24) is 9.97 Å². The molecule has 0 aliphatic carbocycles. The van der Waals surface area contributed by atoms with E-state index in [9.17, 15) is 32.3 Å². The molecular weight excluding hydrogens is 542 g/mol. The van der Waals surface area contributed by atoms with Gasteiger partial charge >= 0.3 is 6.18 Å². The van der Waals surface area contributed by atoms with E-state index < -0.39 is 40.3 Å². The fraction of sp³-hybridized carbons (Fsp3) is 0.267. The lowest BCUT2D eigenvalue weighted by Crippen LogP contribution is -2.40. The number of amides is 1. The normalized spacial score (nSPS) is 18.0. The van der Waals surface area contributed by atoms with E-state index in [-0.39, 0.29) is 53.1 Å². The number of primary amides is 1. The van der Waals surface area contributed by atoms with Gasteiger partial charge in [0.2, 0.25) is 5.91 Å². The number of alkyl halides is 3. The molecule has 212 valence electrons. The Morgan fingerprint density at radius 3 is 2.49 bits per heavy atom. The number of halogens is 4. The van der Waals surface area contributed by atoms with Crippen molar-refractivity contribution >= 4 is 22.6 Å². The molecule has 11 heteroatoms. The van der Waals surface area contributed by atoms with E-state index in [1.54, 1.807) is 6.92 Å². The van der Waals surface area contributed by atoms with Gasteiger partial charge in [0.15, 0.2) is 5.78 Å². The molecule has 0 radical (unpaired) electrons. The van der Waals surface area contributed by atoms with Crippen LogP contribution in [0.15, 0.2) is 60.8 Å². The minimum Gasteiger partial charge on any atom is -0.489 e. The van der Waals surface area contributed by atoms with Crippen molar-refractivity contribution in [3.05, 3.63) is 89.0 Å². The molecule has 0 fully saturated rings. The number of benzene rings is 2.